The molecule has 5 nitrogen and oxygen atoms in total. The van der Waals surface area contributed by atoms with E-state index in [1.165, 1.54) is 22.7 Å². The Labute approximate surface area is 175 Å². The third kappa shape index (κ3) is 4.92. The highest BCUT2D eigenvalue weighted by Crippen LogP contribution is 2.27. The summed E-state index contributed by atoms with van der Waals surface area (Å²) in [5, 5.41) is 5.58. The van der Waals surface area contributed by atoms with Crippen molar-refractivity contribution in [3.05, 3.63) is 70.8 Å². The van der Waals surface area contributed by atoms with Crippen LogP contribution in [0.4, 0.5) is 14.5 Å². The van der Waals surface area contributed by atoms with Crippen LogP contribution in [-0.2, 0) is 11.2 Å². The average Bonchev–Trinajstić information content (AvgIpc) is 3.09. The summed E-state index contributed by atoms with van der Waals surface area (Å²) in [6, 6.07) is 11.7. The molecule has 1 unspecified atom stereocenters. The van der Waals surface area contributed by atoms with E-state index >= 15 is 0 Å². The van der Waals surface area contributed by atoms with Crippen LogP contribution in [0.3, 0.4) is 0 Å². The number of hydrogen-bond acceptors (Lipinski definition) is 5. The van der Waals surface area contributed by atoms with Crippen LogP contribution in [0.25, 0.3) is 6.08 Å². The molecule has 0 amide bonds. The molecule has 2 heterocycles. The minimum atomic E-state index is -0.689. The van der Waals surface area contributed by atoms with Crippen molar-refractivity contribution in [1.29, 1.82) is 0 Å². The molecule has 0 aliphatic carbocycles. The van der Waals surface area contributed by atoms with Crippen LogP contribution in [-0.4, -0.2) is 50.1 Å². The van der Waals surface area contributed by atoms with Crippen molar-refractivity contribution in [2.24, 2.45) is 10.8 Å². The topological polar surface area (TPSA) is 54.1 Å². The lowest BCUT2D eigenvalue weighted by Crippen LogP contribution is -2.36. The van der Waals surface area contributed by atoms with Gasteiger partial charge < -0.3 is 10.5 Å². The van der Waals surface area contributed by atoms with Gasteiger partial charge in [0.15, 0.2) is 5.82 Å². The zero-order chi connectivity index (χ0) is 20.9. The van der Waals surface area contributed by atoms with Gasteiger partial charge in [0, 0.05) is 24.7 Å². The fraction of sp³-hybridized carbons (Fsp3) is 0.348. The van der Waals surface area contributed by atoms with E-state index in [9.17, 15) is 8.78 Å². The standard InChI is InChI=1S/C23H26F2N4O/c24-20-6-7-22(21(25)15-20)29-23(26)19(16-27-29)14-18-4-1-3-17(13-18)5-2-8-28-9-11-30-12-10-28/h1,3-4,6-7,13-16,23H,2,5,8-12,26H2. The average molecular weight is 412 g/mol. The maximum Gasteiger partial charge on any atom is 0.151 e. The lowest BCUT2D eigenvalue weighted by Gasteiger charge is -2.26. The van der Waals surface area contributed by atoms with Crippen molar-refractivity contribution in [3.8, 4) is 0 Å². The van der Waals surface area contributed by atoms with Crippen LogP contribution in [0, 0.1) is 11.6 Å². The van der Waals surface area contributed by atoms with Gasteiger partial charge in [-0.05, 0) is 48.7 Å². The van der Waals surface area contributed by atoms with Crippen LogP contribution in [0.2, 0.25) is 0 Å². The van der Waals surface area contributed by atoms with Crippen molar-refractivity contribution < 1.29 is 13.5 Å². The van der Waals surface area contributed by atoms with Gasteiger partial charge in [0.2, 0.25) is 0 Å². The van der Waals surface area contributed by atoms with Crippen molar-refractivity contribution in [2.75, 3.05) is 37.9 Å². The second-order valence-electron chi connectivity index (χ2n) is 7.58. The van der Waals surface area contributed by atoms with E-state index in [0.717, 1.165) is 62.9 Å². The monoisotopic (exact) mass is 412 g/mol. The molecule has 0 saturated carbocycles. The molecular weight excluding hydrogens is 386 g/mol. The van der Waals surface area contributed by atoms with E-state index in [0.29, 0.717) is 0 Å². The maximum atomic E-state index is 14.1. The lowest BCUT2D eigenvalue weighted by atomic mass is 10.0. The molecule has 4 rings (SSSR count). The van der Waals surface area contributed by atoms with Gasteiger partial charge in [0.25, 0.3) is 0 Å². The second-order valence-corrected chi connectivity index (χ2v) is 7.58. The Morgan fingerprint density at radius 3 is 2.77 bits per heavy atom. The van der Waals surface area contributed by atoms with Crippen LogP contribution in [0.5, 0.6) is 0 Å². The van der Waals surface area contributed by atoms with Gasteiger partial charge in [-0.2, -0.15) is 5.10 Å². The van der Waals surface area contributed by atoms with Crippen molar-refractivity contribution >= 4 is 18.0 Å². The summed E-state index contributed by atoms with van der Waals surface area (Å²) < 4.78 is 32.7. The van der Waals surface area contributed by atoms with E-state index in [1.807, 2.05) is 18.2 Å². The summed E-state index contributed by atoms with van der Waals surface area (Å²) >= 11 is 0. The molecule has 158 valence electrons. The Hall–Kier alpha value is -2.61. The van der Waals surface area contributed by atoms with Crippen LogP contribution >= 0.6 is 0 Å². The Balaban J connectivity index is 1.39. The number of aryl methyl sites for hydroxylation is 1. The summed E-state index contributed by atoms with van der Waals surface area (Å²) in [5.74, 6) is -1.32. The molecule has 0 aromatic heterocycles. The summed E-state index contributed by atoms with van der Waals surface area (Å²) in [5.41, 5.74) is 9.48. The molecule has 1 saturated heterocycles. The van der Waals surface area contributed by atoms with Crippen molar-refractivity contribution in [3.63, 3.8) is 0 Å². The van der Waals surface area contributed by atoms with E-state index < -0.39 is 17.8 Å². The summed E-state index contributed by atoms with van der Waals surface area (Å²) in [4.78, 5) is 2.44. The normalized spacial score (nSPS) is 21.0. The van der Waals surface area contributed by atoms with Gasteiger partial charge in [-0.25, -0.2) is 13.8 Å². The molecule has 7 heteroatoms. The zero-order valence-electron chi connectivity index (χ0n) is 16.8. The molecule has 30 heavy (non-hydrogen) atoms. The molecule has 1 fully saturated rings. The van der Waals surface area contributed by atoms with E-state index in [4.69, 9.17) is 10.5 Å². The molecular formula is C23H26F2N4O. The molecule has 0 spiro atoms. The van der Waals surface area contributed by atoms with Crippen LogP contribution in [0.1, 0.15) is 17.5 Å². The first-order valence-electron chi connectivity index (χ1n) is 10.2. The molecule has 0 radical (unpaired) electrons. The number of hydrazone groups is 1. The van der Waals surface area contributed by atoms with Gasteiger partial charge in [-0.1, -0.05) is 24.3 Å². The summed E-state index contributed by atoms with van der Waals surface area (Å²) in [7, 11) is 0. The highest BCUT2D eigenvalue weighted by atomic mass is 19.1. The highest BCUT2D eigenvalue weighted by molar-refractivity contribution is 5.91. The molecule has 2 N–H and O–H groups in total. The number of nitrogens with zero attached hydrogens (tertiary/aromatic N) is 3. The van der Waals surface area contributed by atoms with Crippen molar-refractivity contribution in [1.82, 2.24) is 4.90 Å². The van der Waals surface area contributed by atoms with E-state index in [2.05, 4.69) is 22.1 Å². The number of benzene rings is 2. The molecule has 2 aliphatic rings. The predicted octanol–water partition coefficient (Wildman–Crippen LogP) is 3.40. The predicted molar refractivity (Wildman–Crippen MR) is 115 cm³/mol. The van der Waals surface area contributed by atoms with E-state index in [-0.39, 0.29) is 5.69 Å². The quantitative estimate of drug-likeness (QED) is 0.790. The Morgan fingerprint density at radius 2 is 1.97 bits per heavy atom. The van der Waals surface area contributed by atoms with Gasteiger partial charge >= 0.3 is 0 Å². The number of nitrogens with two attached hydrogens (primary N) is 1. The van der Waals surface area contributed by atoms with Crippen molar-refractivity contribution in [2.45, 2.75) is 19.0 Å². The number of anilines is 1. The molecule has 2 aliphatic heterocycles. The number of halogens is 2. The van der Waals surface area contributed by atoms with E-state index in [1.54, 1.807) is 6.21 Å². The first-order chi connectivity index (χ1) is 14.6. The second kappa shape index (κ2) is 9.47. The summed E-state index contributed by atoms with van der Waals surface area (Å²) in [6.07, 6.45) is 5.05. The number of rotatable bonds is 6. The Bertz CT molecular complexity index is 941. The fourth-order valence-electron chi connectivity index (χ4n) is 3.78. The largest absolute Gasteiger partial charge is 0.379 e. The zero-order valence-corrected chi connectivity index (χ0v) is 16.8. The Morgan fingerprint density at radius 1 is 1.13 bits per heavy atom. The number of morpholine rings is 1. The van der Waals surface area contributed by atoms with Crippen LogP contribution in [0.15, 0.2) is 53.1 Å². The number of hydrogen-bond donors (Lipinski definition) is 1. The van der Waals surface area contributed by atoms with Gasteiger partial charge in [0.05, 0.1) is 25.1 Å². The summed E-state index contributed by atoms with van der Waals surface area (Å²) in [6.45, 7) is 4.74. The third-order valence-electron chi connectivity index (χ3n) is 5.42. The van der Waals surface area contributed by atoms with Gasteiger partial charge in [-0.15, -0.1) is 0 Å². The Kier molecular flexibility index (Phi) is 6.52. The SMILES string of the molecule is NC1C(=Cc2cccc(CCCN3CCOCC3)c2)C=NN1c1ccc(F)cc1F. The molecule has 2 aromatic rings. The smallest absolute Gasteiger partial charge is 0.151 e. The molecule has 0 bridgehead atoms. The van der Waals surface area contributed by atoms with Gasteiger partial charge in [-0.3, -0.25) is 4.90 Å². The highest BCUT2D eigenvalue weighted by Gasteiger charge is 2.25. The minimum absolute atomic E-state index is 0.153. The fourth-order valence-corrected chi connectivity index (χ4v) is 3.78. The van der Waals surface area contributed by atoms with Crippen LogP contribution < -0.4 is 10.7 Å². The lowest BCUT2D eigenvalue weighted by molar-refractivity contribution is 0.0375. The molecule has 1 atom stereocenters. The first-order valence-corrected chi connectivity index (χ1v) is 10.2. The first kappa shape index (κ1) is 20.7. The molecule has 2 aromatic carbocycles. The minimum Gasteiger partial charge on any atom is -0.379 e. The maximum absolute atomic E-state index is 14.1. The number of ether oxygens (including phenoxy) is 1. The van der Waals surface area contributed by atoms with Gasteiger partial charge in [0.1, 0.15) is 12.0 Å². The third-order valence-corrected chi connectivity index (χ3v) is 5.42.